The van der Waals surface area contributed by atoms with Crippen molar-refractivity contribution in [2.45, 2.75) is 30.0 Å². The van der Waals surface area contributed by atoms with Gasteiger partial charge in [-0.15, -0.1) is 0 Å². The van der Waals surface area contributed by atoms with Gasteiger partial charge in [0.15, 0.2) is 0 Å². The summed E-state index contributed by atoms with van der Waals surface area (Å²) in [6.45, 7) is 0.868. The highest BCUT2D eigenvalue weighted by Gasteiger charge is 2.62. The maximum absolute atomic E-state index is 12.4. The summed E-state index contributed by atoms with van der Waals surface area (Å²) in [5, 5.41) is 0. The highest BCUT2D eigenvalue weighted by molar-refractivity contribution is 9.09. The smallest absolute Gasteiger partial charge is 0.410 e. The predicted molar refractivity (Wildman–Crippen MR) is 81.3 cm³/mol. The molecular formula is C16H16BrNO4. The van der Waals surface area contributed by atoms with E-state index in [2.05, 4.69) is 15.9 Å². The Morgan fingerprint density at radius 3 is 2.91 bits per heavy atom. The number of amides is 1. The van der Waals surface area contributed by atoms with E-state index in [1.807, 2.05) is 30.3 Å². The van der Waals surface area contributed by atoms with Crippen LogP contribution in [0.2, 0.25) is 0 Å². The van der Waals surface area contributed by atoms with E-state index in [9.17, 15) is 9.59 Å². The van der Waals surface area contributed by atoms with Crippen LogP contribution in [-0.4, -0.2) is 40.5 Å². The van der Waals surface area contributed by atoms with Crippen molar-refractivity contribution >= 4 is 28.0 Å². The van der Waals surface area contributed by atoms with Crippen molar-refractivity contribution in [3.63, 3.8) is 0 Å². The summed E-state index contributed by atoms with van der Waals surface area (Å²) >= 11 is 3.62. The first kappa shape index (κ1) is 14.1. The molecule has 0 unspecified atom stereocenters. The van der Waals surface area contributed by atoms with E-state index in [1.165, 1.54) is 0 Å². The van der Waals surface area contributed by atoms with Crippen LogP contribution in [0.15, 0.2) is 30.3 Å². The topological polar surface area (TPSA) is 55.8 Å². The SMILES string of the molecule is O=C1O[C@@H]2[C@@H](Br)[C@@H]3C[C@H]1[C@H]2N(C(=O)OCc1ccccc1)C3. The maximum atomic E-state index is 12.4. The number of nitrogens with zero attached hydrogens (tertiary/aromatic N) is 1. The highest BCUT2D eigenvalue weighted by atomic mass is 79.9. The lowest BCUT2D eigenvalue weighted by atomic mass is 9.73. The molecule has 5 rings (SSSR count). The fraction of sp³-hybridized carbons (Fsp3) is 0.500. The lowest BCUT2D eigenvalue weighted by Crippen LogP contribution is -2.63. The number of hydrogen-bond acceptors (Lipinski definition) is 4. The summed E-state index contributed by atoms with van der Waals surface area (Å²) in [5.41, 5.74) is 0.951. The molecule has 1 aliphatic carbocycles. The number of alkyl halides is 1. The Morgan fingerprint density at radius 1 is 1.36 bits per heavy atom. The molecule has 6 heteroatoms. The second kappa shape index (κ2) is 5.26. The third-order valence-electron chi connectivity index (χ3n) is 4.86. The molecule has 3 heterocycles. The summed E-state index contributed by atoms with van der Waals surface area (Å²) in [7, 11) is 0. The zero-order valence-electron chi connectivity index (χ0n) is 11.9. The molecule has 22 heavy (non-hydrogen) atoms. The van der Waals surface area contributed by atoms with E-state index in [0.29, 0.717) is 6.54 Å². The van der Waals surface area contributed by atoms with E-state index in [4.69, 9.17) is 9.47 Å². The fourth-order valence-electron chi connectivity index (χ4n) is 3.82. The molecule has 116 valence electrons. The molecule has 0 spiro atoms. The minimum Gasteiger partial charge on any atom is -0.459 e. The molecule has 4 fully saturated rings. The summed E-state index contributed by atoms with van der Waals surface area (Å²) in [6.07, 6.45) is 0.193. The van der Waals surface area contributed by atoms with Crippen LogP contribution in [0.25, 0.3) is 0 Å². The minimum atomic E-state index is -0.355. The van der Waals surface area contributed by atoms with E-state index in [1.54, 1.807) is 4.90 Å². The molecule has 1 aromatic rings. The summed E-state index contributed by atoms with van der Waals surface area (Å²) < 4.78 is 10.9. The third-order valence-corrected chi connectivity index (χ3v) is 6.12. The van der Waals surface area contributed by atoms with Gasteiger partial charge in [-0.05, 0) is 17.9 Å². The molecule has 4 bridgehead atoms. The van der Waals surface area contributed by atoms with E-state index in [-0.39, 0.29) is 47.5 Å². The van der Waals surface area contributed by atoms with Gasteiger partial charge in [0, 0.05) is 6.54 Å². The van der Waals surface area contributed by atoms with Gasteiger partial charge in [0.1, 0.15) is 12.7 Å². The Bertz CT molecular complexity index is 607. The van der Waals surface area contributed by atoms with Crippen LogP contribution in [0.3, 0.4) is 0 Å². The van der Waals surface area contributed by atoms with E-state index >= 15 is 0 Å². The Morgan fingerprint density at radius 2 is 2.14 bits per heavy atom. The van der Waals surface area contributed by atoms with Crippen molar-refractivity contribution in [1.82, 2.24) is 4.90 Å². The van der Waals surface area contributed by atoms with Gasteiger partial charge in [0.25, 0.3) is 0 Å². The van der Waals surface area contributed by atoms with Crippen LogP contribution in [0, 0.1) is 11.8 Å². The largest absolute Gasteiger partial charge is 0.459 e. The standard InChI is InChI=1S/C16H16BrNO4/c17-12-10-6-11-13(14(12)22-15(11)19)18(7-10)16(20)21-8-9-4-2-1-3-5-9/h1-5,10-14H,6-8H2/t10-,11+,12+,13-,14-/m1/s1. The first-order valence-electron chi connectivity index (χ1n) is 7.47. The molecule has 0 N–H and O–H groups in total. The van der Waals surface area contributed by atoms with Crippen LogP contribution in [0.4, 0.5) is 4.79 Å². The monoisotopic (exact) mass is 365 g/mol. The van der Waals surface area contributed by atoms with Crippen molar-refractivity contribution in [2.75, 3.05) is 6.54 Å². The first-order valence-corrected chi connectivity index (χ1v) is 8.38. The fourth-order valence-corrected chi connectivity index (χ4v) is 4.62. The number of hydrogen-bond donors (Lipinski definition) is 0. The molecule has 1 saturated carbocycles. The lowest BCUT2D eigenvalue weighted by molar-refractivity contribution is -0.143. The predicted octanol–water partition coefficient (Wildman–Crippen LogP) is 2.33. The molecule has 3 saturated heterocycles. The quantitative estimate of drug-likeness (QED) is 0.596. The molecule has 1 aromatic carbocycles. The van der Waals surface area contributed by atoms with Crippen molar-refractivity contribution in [3.05, 3.63) is 35.9 Å². The van der Waals surface area contributed by atoms with Crippen LogP contribution < -0.4 is 0 Å². The van der Waals surface area contributed by atoms with Crippen molar-refractivity contribution in [1.29, 1.82) is 0 Å². The zero-order valence-corrected chi connectivity index (χ0v) is 13.4. The molecule has 0 aromatic heterocycles. The molecule has 5 nitrogen and oxygen atoms in total. The van der Waals surface area contributed by atoms with Crippen LogP contribution in [0.5, 0.6) is 0 Å². The highest BCUT2D eigenvalue weighted by Crippen LogP contribution is 2.48. The molecule has 0 radical (unpaired) electrons. The molecular weight excluding hydrogens is 350 g/mol. The zero-order chi connectivity index (χ0) is 15.3. The minimum absolute atomic E-state index is 0.137. The Hall–Kier alpha value is -1.56. The number of piperidine rings is 2. The van der Waals surface area contributed by atoms with Gasteiger partial charge in [-0.25, -0.2) is 4.79 Å². The van der Waals surface area contributed by atoms with Gasteiger partial charge in [-0.2, -0.15) is 0 Å². The van der Waals surface area contributed by atoms with Crippen LogP contribution in [-0.2, 0) is 20.9 Å². The first-order chi connectivity index (χ1) is 10.6. The van der Waals surface area contributed by atoms with Gasteiger partial charge < -0.3 is 14.4 Å². The van der Waals surface area contributed by atoms with Crippen LogP contribution in [0.1, 0.15) is 12.0 Å². The van der Waals surface area contributed by atoms with Gasteiger partial charge in [-0.1, -0.05) is 46.3 Å². The van der Waals surface area contributed by atoms with Crippen molar-refractivity contribution < 1.29 is 19.1 Å². The van der Waals surface area contributed by atoms with Crippen LogP contribution >= 0.6 is 15.9 Å². The van der Waals surface area contributed by atoms with Crippen molar-refractivity contribution in [3.8, 4) is 0 Å². The molecule has 1 amide bonds. The average molecular weight is 366 g/mol. The number of halogens is 1. The number of carbonyl (C=O) groups is 2. The van der Waals surface area contributed by atoms with E-state index in [0.717, 1.165) is 12.0 Å². The molecule has 5 atom stereocenters. The number of carbonyl (C=O) groups excluding carboxylic acids is 2. The third kappa shape index (κ3) is 2.12. The molecule has 3 aliphatic heterocycles. The molecule has 4 aliphatic rings. The number of fused-ring (bicyclic) bond motifs is 1. The van der Waals surface area contributed by atoms with Gasteiger partial charge in [0.2, 0.25) is 0 Å². The number of rotatable bonds is 2. The Kier molecular flexibility index (Phi) is 3.36. The normalized spacial score (nSPS) is 35.4. The number of ether oxygens (including phenoxy) is 2. The second-order valence-corrected chi connectivity index (χ2v) is 7.19. The van der Waals surface area contributed by atoms with Gasteiger partial charge in [0.05, 0.1) is 16.8 Å². The summed E-state index contributed by atoms with van der Waals surface area (Å²) in [5.74, 6) is -0.125. The Labute approximate surface area is 136 Å². The maximum Gasteiger partial charge on any atom is 0.410 e. The van der Waals surface area contributed by atoms with E-state index < -0.39 is 0 Å². The summed E-state index contributed by atoms with van der Waals surface area (Å²) in [6, 6.07) is 9.39. The lowest BCUT2D eigenvalue weighted by Gasteiger charge is -2.48. The Balaban J connectivity index is 1.47. The number of benzene rings is 1. The number of esters is 1. The van der Waals surface area contributed by atoms with Crippen molar-refractivity contribution in [2.24, 2.45) is 11.8 Å². The summed E-state index contributed by atoms with van der Waals surface area (Å²) in [4.78, 5) is 26.2. The average Bonchev–Trinajstić information content (AvgIpc) is 2.84. The van der Waals surface area contributed by atoms with Gasteiger partial charge >= 0.3 is 12.1 Å². The second-order valence-electron chi connectivity index (χ2n) is 6.13. The van der Waals surface area contributed by atoms with Gasteiger partial charge in [-0.3, -0.25) is 4.79 Å².